The summed E-state index contributed by atoms with van der Waals surface area (Å²) in [5.74, 6) is 5.28. The van der Waals surface area contributed by atoms with Crippen LogP contribution < -0.4 is 0 Å². The first-order chi connectivity index (χ1) is 10.3. The van der Waals surface area contributed by atoms with Crippen molar-refractivity contribution in [2.24, 2.45) is 0 Å². The fourth-order valence-corrected chi connectivity index (χ4v) is 2.40. The van der Waals surface area contributed by atoms with E-state index in [0.717, 1.165) is 35.1 Å². The number of nitrogens with zero attached hydrogens (tertiary/aromatic N) is 3. The lowest BCUT2D eigenvalue weighted by Gasteiger charge is -2.00. The second-order valence-electron chi connectivity index (χ2n) is 5.21. The van der Waals surface area contributed by atoms with E-state index >= 15 is 0 Å². The second kappa shape index (κ2) is 7.50. The lowest BCUT2D eigenvalue weighted by Crippen LogP contribution is -2.02. The van der Waals surface area contributed by atoms with Crippen molar-refractivity contribution < 1.29 is 0 Å². The largest absolute Gasteiger partial charge is 0.184 e. The highest BCUT2D eigenvalue weighted by Gasteiger charge is 2.10. The molecule has 0 aliphatic carbocycles. The molecule has 1 aromatic heterocycles. The van der Waals surface area contributed by atoms with Gasteiger partial charge in [0.25, 0.3) is 0 Å². The summed E-state index contributed by atoms with van der Waals surface area (Å²) in [7, 11) is 0. The third kappa shape index (κ3) is 3.64. The van der Waals surface area contributed by atoms with Gasteiger partial charge in [-0.05, 0) is 18.6 Å². The van der Waals surface area contributed by atoms with Gasteiger partial charge in [-0.1, -0.05) is 50.9 Å². The van der Waals surface area contributed by atoms with E-state index in [1.165, 1.54) is 32.1 Å². The molecular formula is C18H21N3. The van der Waals surface area contributed by atoms with Crippen molar-refractivity contribution in [3.63, 3.8) is 0 Å². The first-order valence-electron chi connectivity index (χ1n) is 7.61. The molecule has 0 bridgehead atoms. The Morgan fingerprint density at radius 3 is 1.95 bits per heavy atom. The summed E-state index contributed by atoms with van der Waals surface area (Å²) in [6.07, 6.45) is 18.5. The van der Waals surface area contributed by atoms with Crippen LogP contribution in [0.1, 0.15) is 56.6 Å². The van der Waals surface area contributed by atoms with E-state index < -0.39 is 0 Å². The van der Waals surface area contributed by atoms with Crippen LogP contribution in [0.2, 0.25) is 0 Å². The highest BCUT2D eigenvalue weighted by molar-refractivity contribution is 5.85. The summed E-state index contributed by atoms with van der Waals surface area (Å²) in [5, 5.41) is 8.99. The van der Waals surface area contributed by atoms with Crippen LogP contribution in [0.5, 0.6) is 0 Å². The van der Waals surface area contributed by atoms with E-state index in [2.05, 4.69) is 29.0 Å². The summed E-state index contributed by atoms with van der Waals surface area (Å²) in [4.78, 5) is 1.73. The molecule has 0 radical (unpaired) electrons. The molecule has 0 saturated carbocycles. The zero-order chi connectivity index (χ0) is 15.1. The monoisotopic (exact) mass is 279 g/mol. The Hall–Kier alpha value is -2.26. The Kier molecular flexibility index (Phi) is 5.41. The number of aromatic nitrogens is 3. The van der Waals surface area contributed by atoms with E-state index in [1.807, 2.05) is 12.1 Å². The van der Waals surface area contributed by atoms with Crippen LogP contribution in [0.3, 0.4) is 0 Å². The molecule has 0 aliphatic rings. The van der Waals surface area contributed by atoms with E-state index in [4.69, 9.17) is 12.8 Å². The van der Waals surface area contributed by atoms with Crippen molar-refractivity contribution in [2.75, 3.05) is 0 Å². The van der Waals surface area contributed by atoms with Gasteiger partial charge in [-0.2, -0.15) is 15.0 Å². The molecule has 2 rings (SSSR count). The fraction of sp³-hybridized carbons (Fsp3) is 0.444. The molecule has 108 valence electrons. The summed E-state index contributed by atoms with van der Waals surface area (Å²) in [6, 6.07) is 3.67. The standard InChI is InChI=1S/C18H21N3/c1-4-7-8-9-10-11-14-21-19-17-15(5-2)12-13-16(6-3)18(17)20-21/h2-3,12-13H,4,7-11,14H2,1H3. The normalized spacial score (nSPS) is 10.4. The van der Waals surface area contributed by atoms with Gasteiger partial charge in [-0.3, -0.25) is 0 Å². The molecule has 0 fully saturated rings. The minimum Gasteiger partial charge on any atom is -0.184 e. The fourth-order valence-electron chi connectivity index (χ4n) is 2.40. The van der Waals surface area contributed by atoms with Crippen LogP contribution in [0, 0.1) is 24.7 Å². The van der Waals surface area contributed by atoms with Crippen molar-refractivity contribution >= 4 is 11.0 Å². The van der Waals surface area contributed by atoms with Gasteiger partial charge in [-0.15, -0.1) is 12.8 Å². The number of rotatable bonds is 7. The summed E-state index contributed by atoms with van der Waals surface area (Å²) in [6.45, 7) is 3.04. The molecule has 0 unspecified atom stereocenters. The number of terminal acetylenes is 2. The number of aryl methyl sites for hydroxylation is 1. The molecule has 21 heavy (non-hydrogen) atoms. The van der Waals surface area contributed by atoms with Gasteiger partial charge < -0.3 is 0 Å². The maximum Gasteiger partial charge on any atom is 0.130 e. The zero-order valence-electron chi connectivity index (χ0n) is 12.6. The smallest absolute Gasteiger partial charge is 0.130 e. The van der Waals surface area contributed by atoms with E-state index in [-0.39, 0.29) is 0 Å². The molecule has 0 amide bonds. The topological polar surface area (TPSA) is 30.7 Å². The van der Waals surface area contributed by atoms with Gasteiger partial charge in [0.2, 0.25) is 0 Å². The average molecular weight is 279 g/mol. The molecule has 0 atom stereocenters. The van der Waals surface area contributed by atoms with Gasteiger partial charge in [0.05, 0.1) is 17.7 Å². The highest BCUT2D eigenvalue weighted by atomic mass is 15.5. The van der Waals surface area contributed by atoms with Gasteiger partial charge in [-0.25, -0.2) is 0 Å². The van der Waals surface area contributed by atoms with Crippen LogP contribution in [0.25, 0.3) is 11.0 Å². The lowest BCUT2D eigenvalue weighted by atomic mass is 10.1. The summed E-state index contributed by atoms with van der Waals surface area (Å²) >= 11 is 0. The van der Waals surface area contributed by atoms with E-state index in [1.54, 1.807) is 4.80 Å². The number of hydrogen-bond acceptors (Lipinski definition) is 2. The SMILES string of the molecule is C#Cc1ccc(C#C)c2nn(CCCCCCCC)nc12. The molecular weight excluding hydrogens is 258 g/mol. The maximum absolute atomic E-state index is 5.51. The highest BCUT2D eigenvalue weighted by Crippen LogP contribution is 2.18. The van der Waals surface area contributed by atoms with Crippen molar-refractivity contribution in [2.45, 2.75) is 52.0 Å². The number of hydrogen-bond donors (Lipinski definition) is 0. The Morgan fingerprint density at radius 2 is 1.43 bits per heavy atom. The molecule has 0 N–H and O–H groups in total. The Balaban J connectivity index is 2.05. The second-order valence-corrected chi connectivity index (χ2v) is 5.21. The molecule has 3 nitrogen and oxygen atoms in total. The van der Waals surface area contributed by atoms with Crippen molar-refractivity contribution in [3.8, 4) is 24.7 Å². The third-order valence-corrected chi connectivity index (χ3v) is 3.60. The predicted octanol–water partition coefficient (Wildman–Crippen LogP) is 3.75. The lowest BCUT2D eigenvalue weighted by molar-refractivity contribution is 0.488. The third-order valence-electron chi connectivity index (χ3n) is 3.60. The van der Waals surface area contributed by atoms with Crippen LogP contribution in [0.4, 0.5) is 0 Å². The van der Waals surface area contributed by atoms with Crippen molar-refractivity contribution in [3.05, 3.63) is 23.3 Å². The molecule has 1 heterocycles. The van der Waals surface area contributed by atoms with Gasteiger partial charge in [0, 0.05) is 0 Å². The Labute approximate surface area is 126 Å². The molecule has 0 saturated heterocycles. The zero-order valence-corrected chi connectivity index (χ0v) is 12.6. The Bertz CT molecular complexity index is 632. The van der Waals surface area contributed by atoms with Crippen LogP contribution in [0.15, 0.2) is 12.1 Å². The van der Waals surface area contributed by atoms with Gasteiger partial charge >= 0.3 is 0 Å². The van der Waals surface area contributed by atoms with Crippen molar-refractivity contribution in [1.29, 1.82) is 0 Å². The first-order valence-corrected chi connectivity index (χ1v) is 7.61. The number of fused-ring (bicyclic) bond motifs is 1. The van der Waals surface area contributed by atoms with E-state index in [9.17, 15) is 0 Å². The molecule has 0 aliphatic heterocycles. The molecule has 1 aromatic carbocycles. The predicted molar refractivity (Wildman–Crippen MR) is 86.8 cm³/mol. The Morgan fingerprint density at radius 1 is 0.905 bits per heavy atom. The van der Waals surface area contributed by atoms with E-state index in [0.29, 0.717) is 0 Å². The summed E-state index contributed by atoms with van der Waals surface area (Å²) < 4.78 is 0. The number of benzene rings is 1. The minimum atomic E-state index is 0.735. The maximum atomic E-state index is 5.51. The minimum absolute atomic E-state index is 0.735. The average Bonchev–Trinajstić information content (AvgIpc) is 2.93. The van der Waals surface area contributed by atoms with Crippen LogP contribution in [-0.2, 0) is 6.54 Å². The number of unbranched alkanes of at least 4 members (excludes halogenated alkanes) is 5. The molecule has 3 heteroatoms. The quantitative estimate of drug-likeness (QED) is 0.571. The molecule has 0 spiro atoms. The van der Waals surface area contributed by atoms with Gasteiger partial charge in [0.1, 0.15) is 11.0 Å². The summed E-state index contributed by atoms with van der Waals surface area (Å²) in [5.41, 5.74) is 2.97. The van der Waals surface area contributed by atoms with Crippen LogP contribution >= 0.6 is 0 Å². The van der Waals surface area contributed by atoms with Crippen LogP contribution in [-0.4, -0.2) is 15.0 Å². The van der Waals surface area contributed by atoms with Crippen molar-refractivity contribution in [1.82, 2.24) is 15.0 Å². The molecule has 2 aromatic rings. The first kappa shape index (κ1) is 15.1. The van der Waals surface area contributed by atoms with Gasteiger partial charge in [0.15, 0.2) is 0 Å².